The van der Waals surface area contributed by atoms with Gasteiger partial charge in [-0.05, 0) is 31.6 Å². The summed E-state index contributed by atoms with van der Waals surface area (Å²) in [7, 11) is 1.69. The van der Waals surface area contributed by atoms with Gasteiger partial charge in [0.25, 0.3) is 0 Å². The molecule has 1 aliphatic rings. The number of fused-ring (bicyclic) bond motifs is 1. The highest BCUT2D eigenvalue weighted by Crippen LogP contribution is 2.39. The van der Waals surface area contributed by atoms with Crippen LogP contribution in [0.15, 0.2) is 12.4 Å². The van der Waals surface area contributed by atoms with Crippen LogP contribution in [0.3, 0.4) is 0 Å². The second-order valence-electron chi connectivity index (χ2n) is 5.90. The minimum Gasteiger partial charge on any atom is -0.383 e. The molecule has 120 valence electrons. The van der Waals surface area contributed by atoms with Gasteiger partial charge in [-0.3, -0.25) is 0 Å². The van der Waals surface area contributed by atoms with Crippen LogP contribution >= 0.6 is 0 Å². The fourth-order valence-corrected chi connectivity index (χ4v) is 3.25. The summed E-state index contributed by atoms with van der Waals surface area (Å²) in [6, 6.07) is 0.311. The van der Waals surface area contributed by atoms with Gasteiger partial charge in [0.15, 0.2) is 5.65 Å². The van der Waals surface area contributed by atoms with Crippen LogP contribution in [0, 0.1) is 0 Å². The van der Waals surface area contributed by atoms with E-state index in [0.29, 0.717) is 30.9 Å². The lowest BCUT2D eigenvalue weighted by atomic mass is 9.81. The molecule has 1 fully saturated rings. The molecule has 22 heavy (non-hydrogen) atoms. The number of rotatable bonds is 5. The molecule has 0 radical (unpaired) electrons. The molecule has 5 N–H and O–H groups in total. The third-order valence-corrected chi connectivity index (χ3v) is 4.39. The second kappa shape index (κ2) is 6.50. The van der Waals surface area contributed by atoms with Gasteiger partial charge in [0, 0.05) is 37.7 Å². The van der Waals surface area contributed by atoms with Crippen LogP contribution in [-0.2, 0) is 4.74 Å². The van der Waals surface area contributed by atoms with Crippen LogP contribution in [0.25, 0.3) is 5.65 Å². The van der Waals surface area contributed by atoms with E-state index in [1.807, 2.05) is 6.20 Å². The molecule has 1 saturated carbocycles. The van der Waals surface area contributed by atoms with Crippen LogP contribution in [0.4, 0.5) is 11.5 Å². The molecule has 7 nitrogen and oxygen atoms in total. The summed E-state index contributed by atoms with van der Waals surface area (Å²) in [6.07, 6.45) is 7.70. The molecule has 3 rings (SSSR count). The van der Waals surface area contributed by atoms with Crippen molar-refractivity contribution in [3.05, 3.63) is 18.0 Å². The first-order chi connectivity index (χ1) is 10.7. The highest BCUT2D eigenvalue weighted by molar-refractivity contribution is 5.76. The van der Waals surface area contributed by atoms with Gasteiger partial charge in [-0.1, -0.05) is 0 Å². The lowest BCUT2D eigenvalue weighted by molar-refractivity contribution is 0.210. The molecule has 0 spiro atoms. The Kier molecular flexibility index (Phi) is 4.44. The van der Waals surface area contributed by atoms with Crippen molar-refractivity contribution in [3.8, 4) is 0 Å². The van der Waals surface area contributed by atoms with E-state index in [-0.39, 0.29) is 0 Å². The highest BCUT2D eigenvalue weighted by Gasteiger charge is 2.26. The average molecular weight is 304 g/mol. The molecule has 0 unspecified atom stereocenters. The highest BCUT2D eigenvalue weighted by atomic mass is 16.5. The van der Waals surface area contributed by atoms with Crippen molar-refractivity contribution in [1.29, 1.82) is 0 Å². The van der Waals surface area contributed by atoms with E-state index >= 15 is 0 Å². The molecule has 0 saturated heterocycles. The van der Waals surface area contributed by atoms with Crippen molar-refractivity contribution in [2.45, 2.75) is 37.6 Å². The summed E-state index contributed by atoms with van der Waals surface area (Å²) in [4.78, 5) is 4.43. The maximum absolute atomic E-state index is 6.25. The summed E-state index contributed by atoms with van der Waals surface area (Å²) in [6.45, 7) is 1.34. The molecule has 0 bridgehead atoms. The predicted octanol–water partition coefficient (Wildman–Crippen LogP) is 1.35. The van der Waals surface area contributed by atoms with E-state index < -0.39 is 0 Å². The van der Waals surface area contributed by atoms with Gasteiger partial charge >= 0.3 is 0 Å². The first kappa shape index (κ1) is 15.1. The maximum atomic E-state index is 6.25. The summed E-state index contributed by atoms with van der Waals surface area (Å²) in [5.41, 5.74) is 15.2. The Bertz CT molecular complexity index is 632. The first-order valence-electron chi connectivity index (χ1n) is 7.81. The Morgan fingerprint density at radius 2 is 2.14 bits per heavy atom. The molecule has 2 aromatic rings. The third-order valence-electron chi connectivity index (χ3n) is 4.39. The van der Waals surface area contributed by atoms with Crippen LogP contribution in [0.2, 0.25) is 0 Å². The van der Waals surface area contributed by atoms with Gasteiger partial charge in [-0.2, -0.15) is 0 Å². The molecule has 0 aromatic carbocycles. The van der Waals surface area contributed by atoms with Gasteiger partial charge in [-0.25, -0.2) is 9.50 Å². The number of hydrogen-bond acceptors (Lipinski definition) is 6. The molecule has 7 heteroatoms. The van der Waals surface area contributed by atoms with Crippen LogP contribution in [-0.4, -0.2) is 40.9 Å². The number of aromatic nitrogens is 3. The first-order valence-corrected chi connectivity index (χ1v) is 7.81. The number of nitrogen functional groups attached to an aromatic ring is 1. The number of nitrogens with two attached hydrogens (primary N) is 2. The Morgan fingerprint density at radius 3 is 2.86 bits per heavy atom. The van der Waals surface area contributed by atoms with Crippen LogP contribution in [0.1, 0.15) is 37.2 Å². The minimum atomic E-state index is 0.311. The lowest BCUT2D eigenvalue weighted by Gasteiger charge is -2.28. The zero-order valence-electron chi connectivity index (χ0n) is 13.0. The Hall–Kier alpha value is -1.86. The number of methoxy groups -OCH3 is 1. The zero-order chi connectivity index (χ0) is 15.5. The number of nitrogens with one attached hydrogen (secondary N) is 1. The van der Waals surface area contributed by atoms with Crippen molar-refractivity contribution in [2.24, 2.45) is 5.73 Å². The minimum absolute atomic E-state index is 0.311. The SMILES string of the molecule is COCCNc1c2nccn2nc(N)c1[C@H]1CC[C@H](N)CC1. The quantitative estimate of drug-likeness (QED) is 0.721. The van der Waals surface area contributed by atoms with E-state index in [4.69, 9.17) is 16.2 Å². The zero-order valence-corrected chi connectivity index (χ0v) is 13.0. The number of nitrogens with zero attached hydrogens (tertiary/aromatic N) is 3. The Balaban J connectivity index is 1.98. The van der Waals surface area contributed by atoms with Gasteiger partial charge < -0.3 is 21.5 Å². The lowest BCUT2D eigenvalue weighted by Crippen LogP contribution is -2.27. The number of imidazole rings is 1. The van der Waals surface area contributed by atoms with E-state index in [9.17, 15) is 0 Å². The maximum Gasteiger partial charge on any atom is 0.177 e. The van der Waals surface area contributed by atoms with Crippen LogP contribution < -0.4 is 16.8 Å². The fourth-order valence-electron chi connectivity index (χ4n) is 3.25. The van der Waals surface area contributed by atoms with Gasteiger partial charge in [0.2, 0.25) is 0 Å². The molecule has 0 amide bonds. The third kappa shape index (κ3) is 2.86. The Morgan fingerprint density at radius 1 is 1.36 bits per heavy atom. The van der Waals surface area contributed by atoms with E-state index in [0.717, 1.165) is 42.6 Å². The Labute approximate surface area is 130 Å². The number of ether oxygens (including phenoxy) is 1. The van der Waals surface area contributed by atoms with Crippen LogP contribution in [0.5, 0.6) is 0 Å². The van der Waals surface area contributed by atoms with Crippen molar-refractivity contribution in [3.63, 3.8) is 0 Å². The van der Waals surface area contributed by atoms with E-state index in [1.54, 1.807) is 17.8 Å². The van der Waals surface area contributed by atoms with Crippen molar-refractivity contribution < 1.29 is 4.74 Å². The largest absolute Gasteiger partial charge is 0.383 e. The van der Waals surface area contributed by atoms with Crippen molar-refractivity contribution in [2.75, 3.05) is 31.3 Å². The molecular formula is C15H24N6O. The van der Waals surface area contributed by atoms with Crippen molar-refractivity contribution in [1.82, 2.24) is 14.6 Å². The monoisotopic (exact) mass is 304 g/mol. The van der Waals surface area contributed by atoms with Gasteiger partial charge in [-0.15, -0.1) is 5.10 Å². The van der Waals surface area contributed by atoms with Gasteiger partial charge in [0.1, 0.15) is 5.82 Å². The molecule has 0 atom stereocenters. The molecule has 0 aliphatic heterocycles. The van der Waals surface area contributed by atoms with Gasteiger partial charge in [0.05, 0.1) is 12.3 Å². The predicted molar refractivity (Wildman–Crippen MR) is 86.9 cm³/mol. The topological polar surface area (TPSA) is 103 Å². The summed E-state index contributed by atoms with van der Waals surface area (Å²) >= 11 is 0. The summed E-state index contributed by atoms with van der Waals surface area (Å²) < 4.78 is 6.86. The van der Waals surface area contributed by atoms with E-state index in [2.05, 4.69) is 15.4 Å². The molecular weight excluding hydrogens is 280 g/mol. The fraction of sp³-hybridized carbons (Fsp3) is 0.600. The van der Waals surface area contributed by atoms with E-state index in [1.165, 1.54) is 0 Å². The number of anilines is 2. The standard InChI is InChI=1S/C15H24N6O/c1-22-9-7-18-13-12(10-2-4-11(16)5-3-10)14(17)20-21-8-6-19-15(13)21/h6,8,10-11,18H,2-5,7,9,16H2,1H3,(H2,17,20)/t10-,11-. The molecule has 2 aromatic heterocycles. The normalized spacial score (nSPS) is 22.1. The summed E-state index contributed by atoms with van der Waals surface area (Å²) in [5.74, 6) is 0.963. The van der Waals surface area contributed by atoms with Crippen molar-refractivity contribution >= 4 is 17.2 Å². The summed E-state index contributed by atoms with van der Waals surface area (Å²) in [5, 5.41) is 7.88. The molecule has 1 aliphatic carbocycles. The molecule has 2 heterocycles. The smallest absolute Gasteiger partial charge is 0.177 e. The number of hydrogen-bond donors (Lipinski definition) is 3. The average Bonchev–Trinajstić information content (AvgIpc) is 2.96. The second-order valence-corrected chi connectivity index (χ2v) is 5.90.